The zero-order chi connectivity index (χ0) is 16.8. The molecule has 2 aliphatic rings. The largest absolute Gasteiger partial charge is 0.354 e. The number of nitrogens with two attached hydrogens (primary N) is 1. The SMILES string of the molecule is Cl.Cl.NCC1(CC(=O)NCC(c2cccs2)N2CCCC2)CCCCC1. The van der Waals surface area contributed by atoms with Crippen LogP contribution in [0.3, 0.4) is 0 Å². The van der Waals surface area contributed by atoms with Gasteiger partial charge in [0.25, 0.3) is 0 Å². The maximum Gasteiger partial charge on any atom is 0.220 e. The molecule has 1 saturated heterocycles. The molecule has 1 saturated carbocycles. The van der Waals surface area contributed by atoms with E-state index in [1.165, 1.54) is 37.0 Å². The summed E-state index contributed by atoms with van der Waals surface area (Å²) in [5.41, 5.74) is 6.08. The fraction of sp³-hybridized carbons (Fsp3) is 0.737. The van der Waals surface area contributed by atoms with E-state index in [1.54, 1.807) is 11.3 Å². The van der Waals surface area contributed by atoms with Gasteiger partial charge in [-0.25, -0.2) is 0 Å². The molecule has 1 amide bonds. The third-order valence-corrected chi connectivity index (χ3v) is 6.80. The van der Waals surface area contributed by atoms with E-state index in [1.807, 2.05) is 0 Å². The van der Waals surface area contributed by atoms with Crippen molar-refractivity contribution in [1.82, 2.24) is 10.2 Å². The minimum absolute atomic E-state index is 0. The monoisotopic (exact) mass is 421 g/mol. The zero-order valence-corrected chi connectivity index (χ0v) is 17.9. The summed E-state index contributed by atoms with van der Waals surface area (Å²) in [5.74, 6) is 0.183. The summed E-state index contributed by atoms with van der Waals surface area (Å²) in [6.07, 6.45) is 9.08. The van der Waals surface area contributed by atoms with Gasteiger partial charge in [0.15, 0.2) is 0 Å². The van der Waals surface area contributed by atoms with Crippen LogP contribution < -0.4 is 11.1 Å². The molecule has 1 aliphatic heterocycles. The summed E-state index contributed by atoms with van der Waals surface area (Å²) in [7, 11) is 0. The van der Waals surface area contributed by atoms with E-state index in [2.05, 4.69) is 27.7 Å². The lowest BCUT2D eigenvalue weighted by molar-refractivity contribution is -0.124. The zero-order valence-electron chi connectivity index (χ0n) is 15.5. The first kappa shape index (κ1) is 23.7. The standard InChI is InChI=1S/C19H31N3OS.2ClH/c20-15-19(8-2-1-3-9-19)13-18(23)21-14-16(17-7-6-12-24-17)22-10-4-5-11-22;;/h6-7,12,16H,1-5,8-11,13-15,20H2,(H,21,23);2*1H. The fourth-order valence-electron chi connectivity index (χ4n) is 4.31. The molecule has 3 N–H and O–H groups in total. The van der Waals surface area contributed by atoms with Crippen molar-refractivity contribution in [3.05, 3.63) is 22.4 Å². The second kappa shape index (κ2) is 11.5. The first-order chi connectivity index (χ1) is 11.7. The highest BCUT2D eigenvalue weighted by Gasteiger charge is 2.33. The summed E-state index contributed by atoms with van der Waals surface area (Å²) in [6.45, 7) is 3.65. The first-order valence-electron chi connectivity index (χ1n) is 9.47. The highest BCUT2D eigenvalue weighted by Crippen LogP contribution is 2.38. The van der Waals surface area contributed by atoms with Crippen LogP contribution in [0, 0.1) is 5.41 Å². The lowest BCUT2D eigenvalue weighted by Crippen LogP contribution is -2.41. The van der Waals surface area contributed by atoms with E-state index in [4.69, 9.17) is 5.73 Å². The van der Waals surface area contributed by atoms with Crippen LogP contribution in [-0.4, -0.2) is 37.0 Å². The summed E-state index contributed by atoms with van der Waals surface area (Å²) in [6, 6.07) is 4.63. The Balaban J connectivity index is 0.00000169. The number of thiophene rings is 1. The lowest BCUT2D eigenvalue weighted by Gasteiger charge is -2.36. The number of nitrogens with zero attached hydrogens (tertiary/aromatic N) is 1. The van der Waals surface area contributed by atoms with Crippen molar-refractivity contribution in [3.8, 4) is 0 Å². The number of hydrogen-bond donors (Lipinski definition) is 2. The Labute approximate surface area is 174 Å². The smallest absolute Gasteiger partial charge is 0.220 e. The van der Waals surface area contributed by atoms with Crippen LogP contribution in [0.15, 0.2) is 17.5 Å². The van der Waals surface area contributed by atoms with Crippen molar-refractivity contribution in [2.75, 3.05) is 26.2 Å². The van der Waals surface area contributed by atoms with Gasteiger partial charge in [0.05, 0.1) is 6.04 Å². The average molecular weight is 422 g/mol. The molecule has 1 aromatic rings. The van der Waals surface area contributed by atoms with Crippen LogP contribution in [-0.2, 0) is 4.79 Å². The predicted octanol–water partition coefficient (Wildman–Crippen LogP) is 4.14. The van der Waals surface area contributed by atoms with Crippen LogP contribution in [0.4, 0.5) is 0 Å². The van der Waals surface area contributed by atoms with Crippen molar-refractivity contribution < 1.29 is 4.79 Å². The highest BCUT2D eigenvalue weighted by molar-refractivity contribution is 7.10. The number of likely N-dealkylation sites (tertiary alicyclic amines) is 1. The lowest BCUT2D eigenvalue weighted by atomic mass is 9.71. The van der Waals surface area contributed by atoms with Crippen LogP contribution in [0.1, 0.15) is 62.3 Å². The Morgan fingerprint density at radius 3 is 2.46 bits per heavy atom. The molecule has 1 atom stereocenters. The van der Waals surface area contributed by atoms with Crippen LogP contribution in [0.5, 0.6) is 0 Å². The van der Waals surface area contributed by atoms with Crippen LogP contribution in [0.25, 0.3) is 0 Å². The minimum Gasteiger partial charge on any atom is -0.354 e. The maximum atomic E-state index is 12.6. The molecule has 1 aliphatic carbocycles. The Hall–Kier alpha value is -0.330. The number of carbonyl (C=O) groups excluding carboxylic acids is 1. The normalized spacial score (nSPS) is 20.7. The van der Waals surface area contributed by atoms with Crippen molar-refractivity contribution in [1.29, 1.82) is 0 Å². The molecule has 26 heavy (non-hydrogen) atoms. The van der Waals surface area contributed by atoms with E-state index in [0.717, 1.165) is 32.5 Å². The van der Waals surface area contributed by atoms with E-state index in [9.17, 15) is 4.79 Å². The highest BCUT2D eigenvalue weighted by atomic mass is 35.5. The number of hydrogen-bond acceptors (Lipinski definition) is 4. The molecule has 150 valence electrons. The van der Waals surface area contributed by atoms with E-state index in [-0.39, 0.29) is 36.1 Å². The van der Waals surface area contributed by atoms with Gasteiger partial charge < -0.3 is 11.1 Å². The van der Waals surface area contributed by atoms with Gasteiger partial charge >= 0.3 is 0 Å². The Morgan fingerprint density at radius 1 is 1.19 bits per heavy atom. The van der Waals surface area contributed by atoms with Gasteiger partial charge in [-0.2, -0.15) is 0 Å². The van der Waals surface area contributed by atoms with Crippen molar-refractivity contribution in [3.63, 3.8) is 0 Å². The summed E-state index contributed by atoms with van der Waals surface area (Å²) < 4.78 is 0. The molecule has 0 bridgehead atoms. The van der Waals surface area contributed by atoms with Gasteiger partial charge in [0.1, 0.15) is 0 Å². The van der Waals surface area contributed by atoms with Crippen molar-refractivity contribution in [2.24, 2.45) is 11.1 Å². The third kappa shape index (κ3) is 6.10. The van der Waals surface area contributed by atoms with Gasteiger partial charge in [-0.3, -0.25) is 9.69 Å². The molecular formula is C19H33Cl2N3OS. The number of carbonyl (C=O) groups is 1. The molecule has 3 rings (SSSR count). The number of nitrogens with one attached hydrogen (secondary N) is 1. The molecule has 1 aromatic heterocycles. The number of halogens is 2. The molecule has 2 heterocycles. The second-order valence-corrected chi connectivity index (χ2v) is 8.50. The van der Waals surface area contributed by atoms with E-state index < -0.39 is 0 Å². The second-order valence-electron chi connectivity index (χ2n) is 7.52. The van der Waals surface area contributed by atoms with Crippen LogP contribution >= 0.6 is 36.2 Å². The minimum atomic E-state index is 0. The Bertz CT molecular complexity index is 515. The van der Waals surface area contributed by atoms with Gasteiger partial charge in [0.2, 0.25) is 5.91 Å². The fourth-order valence-corrected chi connectivity index (χ4v) is 5.17. The molecule has 0 spiro atoms. The summed E-state index contributed by atoms with van der Waals surface area (Å²) >= 11 is 1.80. The van der Waals surface area contributed by atoms with Gasteiger partial charge in [-0.15, -0.1) is 36.2 Å². The molecule has 1 unspecified atom stereocenters. The molecule has 7 heteroatoms. The summed E-state index contributed by atoms with van der Waals surface area (Å²) in [4.78, 5) is 16.5. The van der Waals surface area contributed by atoms with Crippen LogP contribution in [0.2, 0.25) is 0 Å². The summed E-state index contributed by atoms with van der Waals surface area (Å²) in [5, 5.41) is 5.36. The van der Waals surface area contributed by atoms with Gasteiger partial charge in [-0.05, 0) is 62.2 Å². The third-order valence-electron chi connectivity index (χ3n) is 5.83. The van der Waals surface area contributed by atoms with E-state index >= 15 is 0 Å². The predicted molar refractivity (Wildman–Crippen MR) is 115 cm³/mol. The molecule has 4 nitrogen and oxygen atoms in total. The van der Waals surface area contributed by atoms with E-state index in [0.29, 0.717) is 19.0 Å². The van der Waals surface area contributed by atoms with Gasteiger partial charge in [-0.1, -0.05) is 25.3 Å². The first-order valence-corrected chi connectivity index (χ1v) is 10.3. The maximum absolute atomic E-state index is 12.6. The molecule has 0 radical (unpaired) electrons. The Kier molecular flexibility index (Phi) is 10.5. The van der Waals surface area contributed by atoms with Crippen molar-refractivity contribution in [2.45, 2.75) is 57.4 Å². The number of rotatable bonds is 7. The molecule has 2 fully saturated rings. The van der Waals surface area contributed by atoms with Gasteiger partial charge in [0, 0.05) is 17.8 Å². The topological polar surface area (TPSA) is 58.4 Å². The number of amides is 1. The Morgan fingerprint density at radius 2 is 1.88 bits per heavy atom. The molecule has 0 aromatic carbocycles. The molecular weight excluding hydrogens is 389 g/mol. The average Bonchev–Trinajstić information content (AvgIpc) is 3.30. The van der Waals surface area contributed by atoms with Crippen molar-refractivity contribution >= 4 is 42.1 Å². The quantitative estimate of drug-likeness (QED) is 0.694.